The van der Waals surface area contributed by atoms with E-state index in [1.807, 2.05) is 25.1 Å². The van der Waals surface area contributed by atoms with Gasteiger partial charge in [-0.25, -0.2) is 9.78 Å². The summed E-state index contributed by atoms with van der Waals surface area (Å²) in [5.74, 6) is 0.712. The third-order valence-corrected chi connectivity index (χ3v) is 5.06. The maximum Gasteiger partial charge on any atom is 0.349 e. The number of benzene rings is 1. The predicted octanol–water partition coefficient (Wildman–Crippen LogP) is 3.28. The molecule has 0 bridgehead atoms. The second-order valence-electron chi connectivity index (χ2n) is 5.78. The molecule has 0 aliphatic carbocycles. The highest BCUT2D eigenvalue weighted by molar-refractivity contribution is 7.20. The van der Waals surface area contributed by atoms with E-state index in [0.29, 0.717) is 32.2 Å². The number of rotatable bonds is 4. The molecule has 1 aromatic carbocycles. The molecule has 3 rings (SSSR count). The minimum Gasteiger partial charge on any atom is -0.496 e. The molecular formula is C18H18N2O4S. The fourth-order valence-electron chi connectivity index (χ4n) is 2.68. The Bertz CT molecular complexity index is 1020. The molecular weight excluding hydrogens is 340 g/mol. The number of H-pyrrole nitrogens is 1. The zero-order chi connectivity index (χ0) is 18.1. The maximum atomic E-state index is 12.5. The third kappa shape index (κ3) is 3.28. The summed E-state index contributed by atoms with van der Waals surface area (Å²) in [6.45, 7) is 5.49. The molecule has 0 saturated carbocycles. The van der Waals surface area contributed by atoms with Crippen LogP contribution in [0, 0.1) is 20.8 Å². The van der Waals surface area contributed by atoms with Crippen LogP contribution in [0.3, 0.4) is 0 Å². The van der Waals surface area contributed by atoms with Gasteiger partial charge < -0.3 is 14.5 Å². The number of thiophene rings is 1. The number of nitrogens with one attached hydrogen (secondary N) is 1. The van der Waals surface area contributed by atoms with Crippen molar-refractivity contribution in [3.8, 4) is 5.75 Å². The number of carbonyl (C=O) groups excluding carboxylic acids is 1. The van der Waals surface area contributed by atoms with Crippen molar-refractivity contribution in [1.29, 1.82) is 0 Å². The van der Waals surface area contributed by atoms with Crippen LogP contribution in [-0.4, -0.2) is 23.0 Å². The first kappa shape index (κ1) is 17.2. The quantitative estimate of drug-likeness (QED) is 0.724. The molecule has 130 valence electrons. The summed E-state index contributed by atoms with van der Waals surface area (Å²) in [5.41, 5.74) is 2.20. The highest BCUT2D eigenvalue weighted by atomic mass is 32.1. The number of nitrogens with zero attached hydrogens (tertiary/aromatic N) is 1. The number of aryl methyl sites for hydroxylation is 3. The Morgan fingerprint density at radius 2 is 2.04 bits per heavy atom. The fourth-order valence-corrected chi connectivity index (χ4v) is 3.80. The minimum absolute atomic E-state index is 0.0974. The van der Waals surface area contributed by atoms with Crippen LogP contribution in [0.1, 0.15) is 32.2 Å². The van der Waals surface area contributed by atoms with Crippen molar-refractivity contribution in [2.75, 3.05) is 7.11 Å². The molecule has 0 unspecified atom stereocenters. The smallest absolute Gasteiger partial charge is 0.349 e. The number of aromatic nitrogens is 2. The molecule has 2 heterocycles. The summed E-state index contributed by atoms with van der Waals surface area (Å²) >= 11 is 1.17. The van der Waals surface area contributed by atoms with Gasteiger partial charge in [0.15, 0.2) is 0 Å². The lowest BCUT2D eigenvalue weighted by atomic mass is 10.1. The van der Waals surface area contributed by atoms with Crippen molar-refractivity contribution < 1.29 is 14.3 Å². The van der Waals surface area contributed by atoms with Gasteiger partial charge in [0, 0.05) is 5.56 Å². The van der Waals surface area contributed by atoms with Gasteiger partial charge >= 0.3 is 5.97 Å². The van der Waals surface area contributed by atoms with E-state index in [9.17, 15) is 9.59 Å². The standard InChI is InChI=1S/C18H18N2O4S/c1-9-5-6-13(23-4)12(7-9)8-24-18(22)15-10(2)14-16(21)19-11(3)20-17(14)25-15/h5-7H,8H2,1-4H3,(H,19,20,21). The molecule has 0 amide bonds. The number of esters is 1. The van der Waals surface area contributed by atoms with Crippen molar-refractivity contribution in [3.63, 3.8) is 0 Å². The molecule has 6 nitrogen and oxygen atoms in total. The Kier molecular flexibility index (Phi) is 4.59. The van der Waals surface area contributed by atoms with Gasteiger partial charge in [0.05, 0.1) is 12.5 Å². The average molecular weight is 358 g/mol. The van der Waals surface area contributed by atoms with E-state index < -0.39 is 5.97 Å². The number of methoxy groups -OCH3 is 1. The van der Waals surface area contributed by atoms with Crippen LogP contribution in [-0.2, 0) is 11.3 Å². The second-order valence-corrected chi connectivity index (χ2v) is 6.78. The molecule has 0 radical (unpaired) electrons. The lowest BCUT2D eigenvalue weighted by Crippen LogP contribution is -2.10. The normalized spacial score (nSPS) is 10.9. The van der Waals surface area contributed by atoms with Crippen LogP contribution in [0.2, 0.25) is 0 Å². The second kappa shape index (κ2) is 6.68. The van der Waals surface area contributed by atoms with Gasteiger partial charge in [0.25, 0.3) is 5.56 Å². The zero-order valence-corrected chi connectivity index (χ0v) is 15.2. The number of fused-ring (bicyclic) bond motifs is 1. The molecule has 0 fully saturated rings. The Morgan fingerprint density at radius 3 is 2.76 bits per heavy atom. The van der Waals surface area contributed by atoms with Gasteiger partial charge in [0.2, 0.25) is 0 Å². The van der Waals surface area contributed by atoms with Gasteiger partial charge in [-0.15, -0.1) is 11.3 Å². The number of hydrogen-bond acceptors (Lipinski definition) is 6. The van der Waals surface area contributed by atoms with Crippen molar-refractivity contribution in [2.45, 2.75) is 27.4 Å². The van der Waals surface area contributed by atoms with E-state index >= 15 is 0 Å². The monoisotopic (exact) mass is 358 g/mol. The summed E-state index contributed by atoms with van der Waals surface area (Å²) in [6, 6.07) is 5.69. The maximum absolute atomic E-state index is 12.5. The number of ether oxygens (including phenoxy) is 2. The lowest BCUT2D eigenvalue weighted by Gasteiger charge is -2.10. The van der Waals surface area contributed by atoms with Crippen LogP contribution in [0.15, 0.2) is 23.0 Å². The van der Waals surface area contributed by atoms with Gasteiger partial charge in [0.1, 0.15) is 27.9 Å². The molecule has 2 aromatic heterocycles. The molecule has 0 atom stereocenters. The number of carbonyl (C=O) groups is 1. The van der Waals surface area contributed by atoms with Gasteiger partial charge in [-0.1, -0.05) is 11.6 Å². The molecule has 3 aromatic rings. The average Bonchev–Trinajstić information content (AvgIpc) is 2.89. The van der Waals surface area contributed by atoms with Crippen molar-refractivity contribution in [2.24, 2.45) is 0 Å². The molecule has 1 N–H and O–H groups in total. The SMILES string of the molecule is COc1ccc(C)cc1COC(=O)c1sc2nc(C)[nH]c(=O)c2c1C. The van der Waals surface area contributed by atoms with Crippen molar-refractivity contribution in [1.82, 2.24) is 9.97 Å². The van der Waals surface area contributed by atoms with E-state index in [-0.39, 0.29) is 12.2 Å². The van der Waals surface area contributed by atoms with E-state index in [0.717, 1.165) is 11.1 Å². The number of aromatic amines is 1. The summed E-state index contributed by atoms with van der Waals surface area (Å²) in [7, 11) is 1.58. The Hall–Kier alpha value is -2.67. The fraction of sp³-hybridized carbons (Fsp3) is 0.278. The highest BCUT2D eigenvalue weighted by Gasteiger charge is 2.20. The van der Waals surface area contributed by atoms with Crippen LogP contribution in [0.5, 0.6) is 5.75 Å². The first-order chi connectivity index (χ1) is 11.9. The van der Waals surface area contributed by atoms with E-state index in [2.05, 4.69) is 9.97 Å². The largest absolute Gasteiger partial charge is 0.496 e. The predicted molar refractivity (Wildman–Crippen MR) is 96.6 cm³/mol. The van der Waals surface area contributed by atoms with Crippen LogP contribution in [0.4, 0.5) is 0 Å². The van der Waals surface area contributed by atoms with E-state index in [4.69, 9.17) is 9.47 Å². The number of hydrogen-bond donors (Lipinski definition) is 1. The lowest BCUT2D eigenvalue weighted by molar-refractivity contribution is 0.0475. The molecule has 0 saturated heterocycles. The van der Waals surface area contributed by atoms with Gasteiger partial charge in [-0.3, -0.25) is 4.79 Å². The summed E-state index contributed by atoms with van der Waals surface area (Å²) < 4.78 is 10.7. The van der Waals surface area contributed by atoms with Crippen LogP contribution in [0.25, 0.3) is 10.2 Å². The van der Waals surface area contributed by atoms with Crippen LogP contribution >= 0.6 is 11.3 Å². The first-order valence-corrected chi connectivity index (χ1v) is 8.53. The zero-order valence-electron chi connectivity index (χ0n) is 14.4. The topological polar surface area (TPSA) is 81.3 Å². The van der Waals surface area contributed by atoms with Gasteiger partial charge in [-0.05, 0) is 38.5 Å². The van der Waals surface area contributed by atoms with Crippen molar-refractivity contribution in [3.05, 3.63) is 55.9 Å². The van der Waals surface area contributed by atoms with E-state index in [1.165, 1.54) is 11.3 Å². The Labute approximate surface area is 148 Å². The van der Waals surface area contributed by atoms with Gasteiger partial charge in [-0.2, -0.15) is 0 Å². The molecule has 0 aliphatic heterocycles. The summed E-state index contributed by atoms with van der Waals surface area (Å²) in [4.78, 5) is 32.5. The Balaban J connectivity index is 1.89. The van der Waals surface area contributed by atoms with E-state index in [1.54, 1.807) is 21.0 Å². The minimum atomic E-state index is -0.471. The highest BCUT2D eigenvalue weighted by Crippen LogP contribution is 2.28. The van der Waals surface area contributed by atoms with Crippen molar-refractivity contribution >= 4 is 27.5 Å². The third-order valence-electron chi connectivity index (χ3n) is 3.90. The molecule has 7 heteroatoms. The Morgan fingerprint density at radius 1 is 1.28 bits per heavy atom. The molecule has 0 aliphatic rings. The molecule has 25 heavy (non-hydrogen) atoms. The first-order valence-electron chi connectivity index (χ1n) is 7.71. The summed E-state index contributed by atoms with van der Waals surface area (Å²) in [5, 5.41) is 0.440. The van der Waals surface area contributed by atoms with Crippen LogP contribution < -0.4 is 10.3 Å². The summed E-state index contributed by atoms with van der Waals surface area (Å²) in [6.07, 6.45) is 0. The molecule has 0 spiro atoms.